The minimum Gasteiger partial charge on any atom is -0.463 e. The monoisotopic (exact) mass is 236 g/mol. The van der Waals surface area contributed by atoms with Gasteiger partial charge >= 0.3 is 5.97 Å². The molecule has 0 aliphatic rings. The molecular weight excluding hydrogens is 220 g/mol. The third-order valence-electron chi connectivity index (χ3n) is 2.24. The van der Waals surface area contributed by atoms with Crippen molar-refractivity contribution in [3.8, 4) is 0 Å². The molecule has 0 amide bonds. The first-order valence-corrected chi connectivity index (χ1v) is 5.54. The molecule has 5 heteroatoms. The van der Waals surface area contributed by atoms with E-state index in [4.69, 9.17) is 4.74 Å². The Balaban J connectivity index is 2.03. The molecule has 0 saturated heterocycles. The van der Waals surface area contributed by atoms with Gasteiger partial charge in [-0.25, -0.2) is 9.78 Å². The summed E-state index contributed by atoms with van der Waals surface area (Å²) in [7, 11) is 0. The van der Waals surface area contributed by atoms with Crippen molar-refractivity contribution < 1.29 is 14.3 Å². The molecule has 0 unspecified atom stereocenters. The molecule has 0 fully saturated rings. The van der Waals surface area contributed by atoms with Gasteiger partial charge in [0.25, 0.3) is 0 Å². The first-order valence-electron chi connectivity index (χ1n) is 5.54. The van der Waals surface area contributed by atoms with Crippen LogP contribution in [-0.2, 0) is 9.53 Å². The molecule has 0 saturated carbocycles. The quantitative estimate of drug-likeness (QED) is 0.411. The number of aromatic nitrogens is 2. The maximum Gasteiger partial charge on any atom is 0.330 e. The van der Waals surface area contributed by atoms with E-state index in [9.17, 15) is 9.59 Å². The Kier molecular flexibility index (Phi) is 5.71. The van der Waals surface area contributed by atoms with E-state index in [0.717, 1.165) is 25.3 Å². The minimum absolute atomic E-state index is 0.0330. The molecule has 0 N–H and O–H groups in total. The van der Waals surface area contributed by atoms with Crippen LogP contribution in [0.15, 0.2) is 31.4 Å². The second-order valence-electron chi connectivity index (χ2n) is 3.55. The summed E-state index contributed by atoms with van der Waals surface area (Å²) in [6, 6.07) is 0. The Hall–Kier alpha value is -1.91. The molecule has 0 aliphatic heterocycles. The van der Waals surface area contributed by atoms with Gasteiger partial charge in [-0.1, -0.05) is 6.58 Å². The van der Waals surface area contributed by atoms with Crippen molar-refractivity contribution in [1.29, 1.82) is 0 Å². The Morgan fingerprint density at radius 3 is 2.82 bits per heavy atom. The van der Waals surface area contributed by atoms with Crippen molar-refractivity contribution in [3.05, 3.63) is 31.4 Å². The number of ether oxygens (including phenoxy) is 1. The van der Waals surface area contributed by atoms with E-state index in [-0.39, 0.29) is 5.91 Å². The fourth-order valence-corrected chi connectivity index (χ4v) is 1.32. The number of hydrogen-bond acceptors (Lipinski definition) is 4. The summed E-state index contributed by atoms with van der Waals surface area (Å²) in [6.07, 6.45) is 8.72. The number of nitrogens with zero attached hydrogens (tertiary/aromatic N) is 2. The summed E-state index contributed by atoms with van der Waals surface area (Å²) in [4.78, 5) is 26.0. The van der Waals surface area contributed by atoms with Gasteiger partial charge in [-0.05, 0) is 19.3 Å². The van der Waals surface area contributed by atoms with Crippen molar-refractivity contribution in [2.75, 3.05) is 6.61 Å². The Labute approximate surface area is 100 Å². The third kappa shape index (κ3) is 5.10. The molecule has 0 bridgehead atoms. The predicted octanol–water partition coefficient (Wildman–Crippen LogP) is 1.81. The standard InChI is InChI=1S/C12H16N2O3/c1-2-12(16)17-9-5-3-4-6-11(15)14-8-7-13-10-14/h2,7-8,10H,1,3-6,9H2. The van der Waals surface area contributed by atoms with Gasteiger partial charge in [-0.2, -0.15) is 0 Å². The van der Waals surface area contributed by atoms with Crippen molar-refractivity contribution in [2.45, 2.75) is 25.7 Å². The van der Waals surface area contributed by atoms with Crippen LogP contribution in [0.3, 0.4) is 0 Å². The average Bonchev–Trinajstić information content (AvgIpc) is 2.86. The summed E-state index contributed by atoms with van der Waals surface area (Å²) in [5.41, 5.74) is 0. The maximum absolute atomic E-state index is 11.5. The lowest BCUT2D eigenvalue weighted by Crippen LogP contribution is -2.08. The molecule has 92 valence electrons. The largest absolute Gasteiger partial charge is 0.463 e. The molecule has 1 aromatic heterocycles. The summed E-state index contributed by atoms with van der Waals surface area (Å²) >= 11 is 0. The van der Waals surface area contributed by atoms with E-state index in [1.54, 1.807) is 12.4 Å². The Bertz CT molecular complexity index is 371. The highest BCUT2D eigenvalue weighted by Crippen LogP contribution is 2.03. The van der Waals surface area contributed by atoms with Gasteiger partial charge in [-0.15, -0.1) is 0 Å². The first kappa shape index (κ1) is 13.2. The van der Waals surface area contributed by atoms with Crippen molar-refractivity contribution >= 4 is 11.9 Å². The highest BCUT2D eigenvalue weighted by Gasteiger charge is 2.03. The molecule has 5 nitrogen and oxygen atoms in total. The maximum atomic E-state index is 11.5. The van der Waals surface area contributed by atoms with Crippen LogP contribution in [0.4, 0.5) is 0 Å². The molecule has 1 aromatic rings. The lowest BCUT2D eigenvalue weighted by Gasteiger charge is -2.02. The van der Waals surface area contributed by atoms with Gasteiger partial charge in [0.05, 0.1) is 6.61 Å². The van der Waals surface area contributed by atoms with Gasteiger partial charge in [-0.3, -0.25) is 9.36 Å². The van der Waals surface area contributed by atoms with Crippen molar-refractivity contribution in [2.24, 2.45) is 0 Å². The SMILES string of the molecule is C=CC(=O)OCCCCCC(=O)n1ccnc1. The minimum atomic E-state index is -0.403. The van der Waals surface area contributed by atoms with Crippen LogP contribution in [0.5, 0.6) is 0 Å². The zero-order valence-electron chi connectivity index (χ0n) is 9.67. The number of carbonyl (C=O) groups excluding carboxylic acids is 2. The topological polar surface area (TPSA) is 61.2 Å². The van der Waals surface area contributed by atoms with Gasteiger partial charge in [0.1, 0.15) is 6.33 Å². The van der Waals surface area contributed by atoms with E-state index in [0.29, 0.717) is 13.0 Å². The number of carbonyl (C=O) groups is 2. The predicted molar refractivity (Wildman–Crippen MR) is 62.5 cm³/mol. The fraction of sp³-hybridized carbons (Fsp3) is 0.417. The molecule has 0 aliphatic carbocycles. The number of hydrogen-bond donors (Lipinski definition) is 0. The molecule has 1 rings (SSSR count). The molecule has 0 aromatic carbocycles. The van der Waals surface area contributed by atoms with Gasteiger partial charge in [0.15, 0.2) is 0 Å². The molecule has 17 heavy (non-hydrogen) atoms. The normalized spacial score (nSPS) is 9.88. The van der Waals surface area contributed by atoms with Gasteiger partial charge in [0, 0.05) is 24.9 Å². The first-order chi connectivity index (χ1) is 8.24. The van der Waals surface area contributed by atoms with Gasteiger partial charge < -0.3 is 4.74 Å². The second-order valence-corrected chi connectivity index (χ2v) is 3.55. The fourth-order valence-electron chi connectivity index (χ4n) is 1.32. The number of imidazole rings is 1. The van der Waals surface area contributed by atoms with E-state index >= 15 is 0 Å². The highest BCUT2D eigenvalue weighted by atomic mass is 16.5. The Morgan fingerprint density at radius 1 is 1.35 bits per heavy atom. The summed E-state index contributed by atoms with van der Waals surface area (Å²) in [5, 5.41) is 0. The summed E-state index contributed by atoms with van der Waals surface area (Å²) in [6.45, 7) is 3.68. The molecule has 0 atom stereocenters. The highest BCUT2D eigenvalue weighted by molar-refractivity contribution is 5.81. The summed E-state index contributed by atoms with van der Waals surface area (Å²) < 4.78 is 6.28. The van der Waals surface area contributed by atoms with E-state index < -0.39 is 5.97 Å². The number of rotatable bonds is 7. The van der Waals surface area contributed by atoms with Crippen LogP contribution in [0, 0.1) is 0 Å². The van der Waals surface area contributed by atoms with Crippen LogP contribution < -0.4 is 0 Å². The zero-order chi connectivity index (χ0) is 12.5. The van der Waals surface area contributed by atoms with Crippen LogP contribution >= 0.6 is 0 Å². The lowest BCUT2D eigenvalue weighted by atomic mass is 10.2. The van der Waals surface area contributed by atoms with Crippen LogP contribution in [0.1, 0.15) is 30.5 Å². The van der Waals surface area contributed by atoms with E-state index in [2.05, 4.69) is 11.6 Å². The molecule has 0 radical (unpaired) electrons. The molecule has 1 heterocycles. The van der Waals surface area contributed by atoms with Crippen molar-refractivity contribution in [1.82, 2.24) is 9.55 Å². The van der Waals surface area contributed by atoms with E-state index in [1.165, 1.54) is 10.9 Å². The van der Waals surface area contributed by atoms with Gasteiger partial charge in [0.2, 0.25) is 5.91 Å². The average molecular weight is 236 g/mol. The smallest absolute Gasteiger partial charge is 0.330 e. The lowest BCUT2D eigenvalue weighted by molar-refractivity contribution is -0.137. The third-order valence-corrected chi connectivity index (χ3v) is 2.24. The van der Waals surface area contributed by atoms with Crippen molar-refractivity contribution in [3.63, 3.8) is 0 Å². The van der Waals surface area contributed by atoms with Crippen LogP contribution in [-0.4, -0.2) is 28.0 Å². The van der Waals surface area contributed by atoms with Crippen LogP contribution in [0.2, 0.25) is 0 Å². The zero-order valence-corrected chi connectivity index (χ0v) is 9.67. The molecule has 0 spiro atoms. The second kappa shape index (κ2) is 7.38. The Morgan fingerprint density at radius 2 is 2.18 bits per heavy atom. The van der Waals surface area contributed by atoms with Crippen LogP contribution in [0.25, 0.3) is 0 Å². The summed E-state index contributed by atoms with van der Waals surface area (Å²) in [5.74, 6) is -0.370. The number of unbranched alkanes of at least 4 members (excludes halogenated alkanes) is 2. The number of esters is 1. The van der Waals surface area contributed by atoms with E-state index in [1.807, 2.05) is 0 Å². The molecular formula is C12H16N2O3.